The molecule has 6 heteroatoms. The van der Waals surface area contributed by atoms with Gasteiger partial charge in [-0.05, 0) is 12.1 Å². The lowest BCUT2D eigenvalue weighted by Gasteiger charge is -2.09. The third-order valence-corrected chi connectivity index (χ3v) is 1.96. The predicted octanol–water partition coefficient (Wildman–Crippen LogP) is 0.646. The molecule has 2 aromatic rings. The topological polar surface area (TPSA) is 72.7 Å². The van der Waals surface area contributed by atoms with Crippen LogP contribution in [0.25, 0.3) is 0 Å². The molecular formula is C10H11N4O2. The van der Waals surface area contributed by atoms with Crippen molar-refractivity contribution in [2.24, 2.45) is 0 Å². The molecule has 0 N–H and O–H groups in total. The number of rotatable bonds is 5. The SMILES string of the molecule is [O]C(Cn1ccnc1)OCc1cccnn1. The molecule has 0 aliphatic carbocycles. The van der Waals surface area contributed by atoms with Crippen LogP contribution in [0, 0.1) is 0 Å². The van der Waals surface area contributed by atoms with Crippen molar-refractivity contribution in [3.63, 3.8) is 0 Å². The summed E-state index contributed by atoms with van der Waals surface area (Å²) in [5.41, 5.74) is 0.647. The van der Waals surface area contributed by atoms with E-state index < -0.39 is 6.29 Å². The number of hydrogen-bond donors (Lipinski definition) is 0. The second-order valence-electron chi connectivity index (χ2n) is 3.22. The molecule has 0 saturated heterocycles. The minimum absolute atomic E-state index is 0.177. The van der Waals surface area contributed by atoms with Crippen LogP contribution in [0.1, 0.15) is 5.69 Å². The minimum Gasteiger partial charge on any atom is -0.342 e. The van der Waals surface area contributed by atoms with Gasteiger partial charge in [-0.3, -0.25) is 0 Å². The summed E-state index contributed by atoms with van der Waals surface area (Å²) in [7, 11) is 0. The summed E-state index contributed by atoms with van der Waals surface area (Å²) in [5.74, 6) is 0. The van der Waals surface area contributed by atoms with Gasteiger partial charge in [0.2, 0.25) is 6.29 Å². The molecule has 16 heavy (non-hydrogen) atoms. The maximum absolute atomic E-state index is 11.4. The lowest BCUT2D eigenvalue weighted by Crippen LogP contribution is -2.17. The van der Waals surface area contributed by atoms with Gasteiger partial charge in [-0.15, -0.1) is 0 Å². The Bertz CT molecular complexity index is 404. The highest BCUT2D eigenvalue weighted by atomic mass is 16.6. The Balaban J connectivity index is 1.78. The Morgan fingerprint density at radius 1 is 1.44 bits per heavy atom. The molecule has 2 aromatic heterocycles. The van der Waals surface area contributed by atoms with Crippen molar-refractivity contribution in [3.05, 3.63) is 42.7 Å². The van der Waals surface area contributed by atoms with Crippen LogP contribution < -0.4 is 0 Å². The standard InChI is InChI=1S/C10H11N4O2/c15-10(6-14-5-4-11-8-14)16-7-9-2-1-3-12-13-9/h1-5,8,10H,6-7H2. The van der Waals surface area contributed by atoms with Crippen LogP contribution in [0.5, 0.6) is 0 Å². The summed E-state index contributed by atoms with van der Waals surface area (Å²) >= 11 is 0. The van der Waals surface area contributed by atoms with Crippen molar-refractivity contribution in [1.82, 2.24) is 19.7 Å². The van der Waals surface area contributed by atoms with E-state index in [0.717, 1.165) is 0 Å². The van der Waals surface area contributed by atoms with Crippen molar-refractivity contribution in [3.8, 4) is 0 Å². The van der Waals surface area contributed by atoms with E-state index in [1.165, 1.54) is 0 Å². The van der Waals surface area contributed by atoms with Gasteiger partial charge in [0.1, 0.15) is 0 Å². The molecule has 0 aromatic carbocycles. The Morgan fingerprint density at radius 2 is 2.38 bits per heavy atom. The second kappa shape index (κ2) is 5.34. The lowest BCUT2D eigenvalue weighted by atomic mass is 10.4. The Kier molecular flexibility index (Phi) is 3.58. The van der Waals surface area contributed by atoms with Gasteiger partial charge in [0.15, 0.2) is 0 Å². The lowest BCUT2D eigenvalue weighted by molar-refractivity contribution is -0.155. The van der Waals surface area contributed by atoms with Crippen LogP contribution in [-0.2, 0) is 23.0 Å². The quantitative estimate of drug-likeness (QED) is 0.692. The Labute approximate surface area is 92.5 Å². The third kappa shape index (κ3) is 3.11. The number of ether oxygens (including phenoxy) is 1. The average molecular weight is 219 g/mol. The fourth-order valence-corrected chi connectivity index (χ4v) is 1.21. The van der Waals surface area contributed by atoms with Gasteiger partial charge < -0.3 is 9.30 Å². The van der Waals surface area contributed by atoms with Crippen LogP contribution >= 0.6 is 0 Å². The molecule has 0 spiro atoms. The zero-order valence-corrected chi connectivity index (χ0v) is 8.56. The smallest absolute Gasteiger partial charge is 0.209 e. The van der Waals surface area contributed by atoms with E-state index in [4.69, 9.17) is 4.74 Å². The number of hydrogen-bond acceptors (Lipinski definition) is 4. The van der Waals surface area contributed by atoms with E-state index in [-0.39, 0.29) is 13.2 Å². The normalized spacial score (nSPS) is 12.6. The van der Waals surface area contributed by atoms with E-state index in [1.807, 2.05) is 0 Å². The maximum atomic E-state index is 11.4. The highest BCUT2D eigenvalue weighted by Crippen LogP contribution is 2.00. The van der Waals surface area contributed by atoms with Gasteiger partial charge in [-0.25, -0.2) is 4.98 Å². The summed E-state index contributed by atoms with van der Waals surface area (Å²) in [6, 6.07) is 3.51. The highest BCUT2D eigenvalue weighted by Gasteiger charge is 2.07. The fourth-order valence-electron chi connectivity index (χ4n) is 1.21. The summed E-state index contributed by atoms with van der Waals surface area (Å²) in [6.07, 6.45) is 5.36. The minimum atomic E-state index is -1.13. The molecule has 0 saturated carbocycles. The van der Waals surface area contributed by atoms with E-state index in [2.05, 4.69) is 15.2 Å². The molecule has 2 heterocycles. The number of imidazole rings is 1. The summed E-state index contributed by atoms with van der Waals surface area (Å²) in [5, 5.41) is 19.0. The molecule has 0 aliphatic rings. The maximum Gasteiger partial charge on any atom is 0.209 e. The first kappa shape index (κ1) is 10.7. The Hall–Kier alpha value is -1.79. The van der Waals surface area contributed by atoms with Gasteiger partial charge in [0.05, 0.1) is 25.2 Å². The van der Waals surface area contributed by atoms with Gasteiger partial charge in [0, 0.05) is 18.6 Å². The molecule has 1 radical (unpaired) electrons. The third-order valence-electron chi connectivity index (χ3n) is 1.96. The average Bonchev–Trinajstić information content (AvgIpc) is 2.81. The Morgan fingerprint density at radius 3 is 3.06 bits per heavy atom. The zero-order chi connectivity index (χ0) is 11.2. The van der Waals surface area contributed by atoms with Gasteiger partial charge in [-0.1, -0.05) is 0 Å². The first-order valence-electron chi connectivity index (χ1n) is 4.84. The highest BCUT2D eigenvalue weighted by molar-refractivity contribution is 4.96. The molecular weight excluding hydrogens is 208 g/mol. The van der Waals surface area contributed by atoms with Crippen molar-refractivity contribution in [2.75, 3.05) is 0 Å². The molecule has 0 aliphatic heterocycles. The van der Waals surface area contributed by atoms with Crippen LogP contribution in [-0.4, -0.2) is 26.0 Å². The summed E-state index contributed by atoms with van der Waals surface area (Å²) in [6.45, 7) is 0.414. The van der Waals surface area contributed by atoms with Crippen LogP contribution in [0.3, 0.4) is 0 Å². The molecule has 83 valence electrons. The van der Waals surface area contributed by atoms with Crippen molar-refractivity contribution in [1.29, 1.82) is 0 Å². The van der Waals surface area contributed by atoms with Crippen LogP contribution in [0.4, 0.5) is 0 Å². The van der Waals surface area contributed by atoms with Crippen molar-refractivity contribution >= 4 is 0 Å². The number of aromatic nitrogens is 4. The molecule has 1 atom stereocenters. The molecule has 0 amide bonds. The monoisotopic (exact) mass is 219 g/mol. The summed E-state index contributed by atoms with van der Waals surface area (Å²) in [4.78, 5) is 3.84. The zero-order valence-electron chi connectivity index (χ0n) is 8.56. The van der Waals surface area contributed by atoms with E-state index in [1.54, 1.807) is 41.6 Å². The molecule has 0 bridgehead atoms. The number of nitrogens with zero attached hydrogens (tertiary/aromatic N) is 4. The van der Waals surface area contributed by atoms with Gasteiger partial charge >= 0.3 is 0 Å². The van der Waals surface area contributed by atoms with Crippen LogP contribution in [0.15, 0.2) is 37.1 Å². The predicted molar refractivity (Wildman–Crippen MR) is 53.5 cm³/mol. The van der Waals surface area contributed by atoms with E-state index in [0.29, 0.717) is 5.69 Å². The largest absolute Gasteiger partial charge is 0.342 e. The summed E-state index contributed by atoms with van der Waals surface area (Å²) < 4.78 is 6.77. The fraction of sp³-hybridized carbons (Fsp3) is 0.300. The first-order chi connectivity index (χ1) is 7.84. The van der Waals surface area contributed by atoms with Gasteiger partial charge in [0.25, 0.3) is 0 Å². The molecule has 1 unspecified atom stereocenters. The molecule has 2 rings (SSSR count). The first-order valence-corrected chi connectivity index (χ1v) is 4.84. The van der Waals surface area contributed by atoms with Gasteiger partial charge in [-0.2, -0.15) is 15.3 Å². The van der Waals surface area contributed by atoms with Crippen LogP contribution in [0.2, 0.25) is 0 Å². The van der Waals surface area contributed by atoms with Crippen molar-refractivity contribution in [2.45, 2.75) is 19.4 Å². The van der Waals surface area contributed by atoms with E-state index >= 15 is 0 Å². The van der Waals surface area contributed by atoms with E-state index in [9.17, 15) is 5.11 Å². The van der Waals surface area contributed by atoms with Crippen molar-refractivity contribution < 1.29 is 9.84 Å². The molecule has 0 fully saturated rings. The molecule has 6 nitrogen and oxygen atoms in total. The second-order valence-corrected chi connectivity index (χ2v) is 3.22.